The standard InChI is InChI=1S/C19H18N4O5/c24-17(21-15-7-9-28-22-15)11-27-19(26)12-5-6-13-14(10-12)20-16-4-2-1-3-8-23(16)18(13)25/h5-7,9-10H,1-4,8,11H2,(H,21,22,24). The van der Waals surface area contributed by atoms with E-state index < -0.39 is 18.5 Å². The first-order valence-corrected chi connectivity index (χ1v) is 9.02. The smallest absolute Gasteiger partial charge is 0.338 e. The summed E-state index contributed by atoms with van der Waals surface area (Å²) in [6.45, 7) is 0.200. The summed E-state index contributed by atoms with van der Waals surface area (Å²) < 4.78 is 11.4. The maximum atomic E-state index is 12.7. The van der Waals surface area contributed by atoms with Crippen LogP contribution in [0.5, 0.6) is 0 Å². The molecule has 1 amide bonds. The van der Waals surface area contributed by atoms with Gasteiger partial charge in [0.15, 0.2) is 12.4 Å². The molecule has 0 saturated carbocycles. The van der Waals surface area contributed by atoms with Crippen molar-refractivity contribution in [2.45, 2.75) is 32.2 Å². The predicted molar refractivity (Wildman–Crippen MR) is 99.0 cm³/mol. The number of nitrogens with one attached hydrogen (secondary N) is 1. The molecule has 0 spiro atoms. The number of benzene rings is 1. The summed E-state index contributed by atoms with van der Waals surface area (Å²) in [5, 5.41) is 6.43. The van der Waals surface area contributed by atoms with Crippen LogP contribution in [0.2, 0.25) is 0 Å². The Balaban J connectivity index is 1.51. The van der Waals surface area contributed by atoms with E-state index in [1.165, 1.54) is 24.5 Å². The van der Waals surface area contributed by atoms with Crippen molar-refractivity contribution in [1.82, 2.24) is 14.7 Å². The number of ether oxygens (including phenoxy) is 1. The highest BCUT2D eigenvalue weighted by atomic mass is 16.5. The average Bonchev–Trinajstić information content (AvgIpc) is 3.08. The maximum absolute atomic E-state index is 12.7. The van der Waals surface area contributed by atoms with E-state index in [1.807, 2.05) is 0 Å². The molecule has 9 heteroatoms. The summed E-state index contributed by atoms with van der Waals surface area (Å²) in [6.07, 6.45) is 5.06. The minimum atomic E-state index is -0.672. The van der Waals surface area contributed by atoms with E-state index in [0.29, 0.717) is 17.4 Å². The fraction of sp³-hybridized carbons (Fsp3) is 0.316. The molecule has 144 valence electrons. The second-order valence-electron chi connectivity index (χ2n) is 6.54. The number of amides is 1. The van der Waals surface area contributed by atoms with Crippen LogP contribution in [0.1, 0.15) is 35.4 Å². The predicted octanol–water partition coefficient (Wildman–Crippen LogP) is 1.91. The molecule has 0 bridgehead atoms. The summed E-state index contributed by atoms with van der Waals surface area (Å²) in [6, 6.07) is 6.08. The number of rotatable bonds is 4. The number of carbonyl (C=O) groups excluding carboxylic acids is 2. The molecule has 0 atom stereocenters. The van der Waals surface area contributed by atoms with Crippen LogP contribution in [-0.2, 0) is 22.5 Å². The van der Waals surface area contributed by atoms with Gasteiger partial charge in [0.1, 0.15) is 12.1 Å². The number of anilines is 1. The third kappa shape index (κ3) is 3.64. The summed E-state index contributed by atoms with van der Waals surface area (Å²) in [5.74, 6) is -0.233. The highest BCUT2D eigenvalue weighted by molar-refractivity contribution is 5.97. The first-order valence-electron chi connectivity index (χ1n) is 9.02. The molecule has 1 aromatic carbocycles. The van der Waals surface area contributed by atoms with Gasteiger partial charge in [-0.05, 0) is 31.0 Å². The van der Waals surface area contributed by atoms with Gasteiger partial charge in [-0.25, -0.2) is 9.78 Å². The maximum Gasteiger partial charge on any atom is 0.338 e. The third-order valence-electron chi connectivity index (χ3n) is 4.59. The summed E-state index contributed by atoms with van der Waals surface area (Å²) in [4.78, 5) is 41.3. The van der Waals surface area contributed by atoms with Crippen molar-refractivity contribution in [3.8, 4) is 0 Å². The van der Waals surface area contributed by atoms with Crippen molar-refractivity contribution in [3.05, 3.63) is 52.3 Å². The minimum absolute atomic E-state index is 0.0891. The summed E-state index contributed by atoms with van der Waals surface area (Å²) in [5.41, 5.74) is 0.598. The Labute approximate surface area is 159 Å². The molecule has 3 aromatic rings. The van der Waals surface area contributed by atoms with Crippen LogP contribution < -0.4 is 10.9 Å². The molecule has 0 fully saturated rings. The number of aromatic nitrogens is 3. The van der Waals surface area contributed by atoms with Crippen LogP contribution in [0.15, 0.2) is 39.8 Å². The fourth-order valence-electron chi connectivity index (χ4n) is 3.22. The Morgan fingerprint density at radius 1 is 1.21 bits per heavy atom. The number of nitrogens with zero attached hydrogens (tertiary/aromatic N) is 3. The SMILES string of the molecule is O=C(COC(=O)c1ccc2c(=O)n3c(nc2c1)CCCCC3)Nc1ccon1. The van der Waals surface area contributed by atoms with Crippen molar-refractivity contribution in [3.63, 3.8) is 0 Å². The highest BCUT2D eigenvalue weighted by Gasteiger charge is 2.16. The Hall–Kier alpha value is -3.49. The molecule has 1 aliphatic heterocycles. The first-order chi connectivity index (χ1) is 13.6. The van der Waals surface area contributed by atoms with Crippen LogP contribution in [-0.4, -0.2) is 33.2 Å². The molecule has 3 heterocycles. The van der Waals surface area contributed by atoms with Gasteiger partial charge in [-0.15, -0.1) is 0 Å². The Bertz CT molecular complexity index is 1090. The second-order valence-corrected chi connectivity index (χ2v) is 6.54. The normalized spacial score (nSPS) is 13.6. The Morgan fingerprint density at radius 2 is 2.11 bits per heavy atom. The zero-order chi connectivity index (χ0) is 19.5. The van der Waals surface area contributed by atoms with Gasteiger partial charge in [0.25, 0.3) is 11.5 Å². The number of hydrogen-bond donors (Lipinski definition) is 1. The van der Waals surface area contributed by atoms with Gasteiger partial charge in [-0.2, -0.15) is 0 Å². The monoisotopic (exact) mass is 382 g/mol. The van der Waals surface area contributed by atoms with Crippen LogP contribution in [0.25, 0.3) is 10.9 Å². The number of carbonyl (C=O) groups is 2. The van der Waals surface area contributed by atoms with Crippen LogP contribution in [0.3, 0.4) is 0 Å². The minimum Gasteiger partial charge on any atom is -0.452 e. The van der Waals surface area contributed by atoms with E-state index in [2.05, 4.69) is 20.0 Å². The molecule has 0 saturated heterocycles. The van der Waals surface area contributed by atoms with Gasteiger partial charge in [0, 0.05) is 19.0 Å². The average molecular weight is 382 g/mol. The van der Waals surface area contributed by atoms with Gasteiger partial charge in [0.05, 0.1) is 16.5 Å². The zero-order valence-electron chi connectivity index (χ0n) is 15.0. The van der Waals surface area contributed by atoms with Gasteiger partial charge in [0.2, 0.25) is 0 Å². The van der Waals surface area contributed by atoms with Crippen molar-refractivity contribution in [1.29, 1.82) is 0 Å². The lowest BCUT2D eigenvalue weighted by Crippen LogP contribution is -2.25. The Morgan fingerprint density at radius 3 is 2.93 bits per heavy atom. The van der Waals surface area contributed by atoms with Crippen molar-refractivity contribution < 1.29 is 18.8 Å². The van der Waals surface area contributed by atoms with E-state index in [-0.39, 0.29) is 16.9 Å². The summed E-state index contributed by atoms with van der Waals surface area (Å²) >= 11 is 0. The van der Waals surface area contributed by atoms with E-state index in [1.54, 1.807) is 10.6 Å². The number of fused-ring (bicyclic) bond motifs is 2. The van der Waals surface area contributed by atoms with Crippen molar-refractivity contribution in [2.75, 3.05) is 11.9 Å². The van der Waals surface area contributed by atoms with Gasteiger partial charge >= 0.3 is 5.97 Å². The fourth-order valence-corrected chi connectivity index (χ4v) is 3.22. The lowest BCUT2D eigenvalue weighted by atomic mass is 10.1. The molecule has 0 aliphatic carbocycles. The molecule has 28 heavy (non-hydrogen) atoms. The molecule has 9 nitrogen and oxygen atoms in total. The van der Waals surface area contributed by atoms with E-state index >= 15 is 0 Å². The van der Waals surface area contributed by atoms with Crippen LogP contribution in [0, 0.1) is 0 Å². The third-order valence-corrected chi connectivity index (χ3v) is 4.59. The molecular weight excluding hydrogens is 364 g/mol. The van der Waals surface area contributed by atoms with Crippen LogP contribution >= 0.6 is 0 Å². The molecule has 0 radical (unpaired) electrons. The molecule has 1 aliphatic rings. The van der Waals surface area contributed by atoms with Gasteiger partial charge in [-0.3, -0.25) is 14.2 Å². The molecule has 2 aromatic heterocycles. The lowest BCUT2D eigenvalue weighted by molar-refractivity contribution is -0.119. The van der Waals surface area contributed by atoms with E-state index in [4.69, 9.17) is 4.74 Å². The van der Waals surface area contributed by atoms with Crippen LogP contribution in [0.4, 0.5) is 5.82 Å². The molecule has 0 unspecified atom stereocenters. The number of esters is 1. The second kappa shape index (κ2) is 7.63. The van der Waals surface area contributed by atoms with Crippen molar-refractivity contribution in [2.24, 2.45) is 0 Å². The zero-order valence-corrected chi connectivity index (χ0v) is 15.0. The molecule has 1 N–H and O–H groups in total. The topological polar surface area (TPSA) is 116 Å². The van der Waals surface area contributed by atoms with E-state index in [0.717, 1.165) is 31.5 Å². The van der Waals surface area contributed by atoms with E-state index in [9.17, 15) is 14.4 Å². The lowest BCUT2D eigenvalue weighted by Gasteiger charge is -2.11. The van der Waals surface area contributed by atoms with Gasteiger partial charge < -0.3 is 14.6 Å². The van der Waals surface area contributed by atoms with Gasteiger partial charge in [-0.1, -0.05) is 11.6 Å². The Kier molecular flexibility index (Phi) is 4.88. The molecule has 4 rings (SSSR count). The van der Waals surface area contributed by atoms with Crippen molar-refractivity contribution >= 4 is 28.6 Å². The highest BCUT2D eigenvalue weighted by Crippen LogP contribution is 2.17. The molecular formula is C19H18N4O5. The first kappa shape index (κ1) is 17.9. The number of aryl methyl sites for hydroxylation is 1. The quantitative estimate of drug-likeness (QED) is 0.685. The largest absolute Gasteiger partial charge is 0.452 e. The summed E-state index contributed by atoms with van der Waals surface area (Å²) in [7, 11) is 0. The number of hydrogen-bond acceptors (Lipinski definition) is 7.